The lowest BCUT2D eigenvalue weighted by molar-refractivity contribution is -0.148. The normalized spacial score (nSPS) is 13.3. The molecule has 8 nitrogen and oxygen atoms in total. The molecule has 0 saturated carbocycles. The molecule has 3 aromatic rings. The van der Waals surface area contributed by atoms with Gasteiger partial charge in [0.2, 0.25) is 0 Å². The number of rotatable bonds is 7. The van der Waals surface area contributed by atoms with E-state index in [1.807, 2.05) is 55.6 Å². The minimum absolute atomic E-state index is 0.131. The Morgan fingerprint density at radius 1 is 1.21 bits per heavy atom. The highest BCUT2D eigenvalue weighted by molar-refractivity contribution is 7.09. The highest BCUT2D eigenvalue weighted by Gasteiger charge is 2.27. The number of primary amides is 1. The van der Waals surface area contributed by atoms with E-state index in [4.69, 9.17) is 10.5 Å². The number of hydrogen-bond acceptors (Lipinski definition) is 6. The number of ether oxygens (including phenoxy) is 1. The standard InChI is InChI=1S/C25H26N4O4S/c1-15-5-3-4-6-19(15)20(28-25(26)32)12-24(31)33-13-23(30)29-10-9-18-11-17(7-8-22(18)29)21-14-34-16(2)27-21/h3-8,11,14,20H,9-10,12-13H2,1-2H3,(H3,26,28,32). The Hall–Kier alpha value is -3.72. The molecule has 1 aromatic heterocycles. The molecular weight excluding hydrogens is 452 g/mol. The SMILES string of the molecule is Cc1nc(-c2ccc3c(c2)CCN3C(=O)COC(=O)CC(NC(N)=O)c2ccccc2C)cs1. The highest BCUT2D eigenvalue weighted by atomic mass is 32.1. The molecule has 176 valence electrons. The molecule has 0 bridgehead atoms. The number of amides is 3. The largest absolute Gasteiger partial charge is 0.455 e. The van der Waals surface area contributed by atoms with Crippen molar-refractivity contribution in [1.82, 2.24) is 10.3 Å². The number of anilines is 1. The molecule has 0 fully saturated rings. The number of carbonyl (C=O) groups excluding carboxylic acids is 3. The van der Waals surface area contributed by atoms with Crippen LogP contribution in [0.3, 0.4) is 0 Å². The van der Waals surface area contributed by atoms with Gasteiger partial charge in [0.25, 0.3) is 5.91 Å². The maximum Gasteiger partial charge on any atom is 0.312 e. The third-order valence-electron chi connectivity index (χ3n) is 5.80. The molecule has 1 atom stereocenters. The molecule has 3 N–H and O–H groups in total. The lowest BCUT2D eigenvalue weighted by Crippen LogP contribution is -2.36. The fourth-order valence-corrected chi connectivity index (χ4v) is 4.77. The first-order valence-corrected chi connectivity index (χ1v) is 11.8. The lowest BCUT2D eigenvalue weighted by Gasteiger charge is -2.20. The van der Waals surface area contributed by atoms with E-state index in [2.05, 4.69) is 16.4 Å². The quantitative estimate of drug-likeness (QED) is 0.503. The van der Waals surface area contributed by atoms with E-state index in [0.717, 1.165) is 45.1 Å². The molecule has 0 saturated heterocycles. The summed E-state index contributed by atoms with van der Waals surface area (Å²) in [5.74, 6) is -0.885. The van der Waals surface area contributed by atoms with Gasteiger partial charge in [-0.2, -0.15) is 0 Å². The van der Waals surface area contributed by atoms with Crippen LogP contribution in [0.5, 0.6) is 0 Å². The predicted octanol–water partition coefficient (Wildman–Crippen LogP) is 3.66. The van der Waals surface area contributed by atoms with Gasteiger partial charge >= 0.3 is 12.0 Å². The van der Waals surface area contributed by atoms with Crippen molar-refractivity contribution in [3.05, 3.63) is 69.5 Å². The van der Waals surface area contributed by atoms with Crippen LogP contribution < -0.4 is 16.0 Å². The molecule has 0 aliphatic carbocycles. The van der Waals surface area contributed by atoms with Gasteiger partial charge in [-0.25, -0.2) is 9.78 Å². The average Bonchev–Trinajstić information content (AvgIpc) is 3.43. The highest BCUT2D eigenvalue weighted by Crippen LogP contribution is 2.33. The van der Waals surface area contributed by atoms with Crippen LogP contribution in [0.25, 0.3) is 11.3 Å². The number of hydrogen-bond donors (Lipinski definition) is 2. The summed E-state index contributed by atoms with van der Waals surface area (Å²) in [6.07, 6.45) is 0.595. The Kier molecular flexibility index (Phi) is 6.93. The van der Waals surface area contributed by atoms with Crippen LogP contribution in [0.15, 0.2) is 47.8 Å². The third kappa shape index (κ3) is 5.26. The number of nitrogens with two attached hydrogens (primary N) is 1. The van der Waals surface area contributed by atoms with Gasteiger partial charge in [-0.05, 0) is 49.1 Å². The zero-order valence-corrected chi connectivity index (χ0v) is 19.9. The average molecular weight is 479 g/mol. The van der Waals surface area contributed by atoms with Crippen LogP contribution in [-0.2, 0) is 20.7 Å². The number of thiazole rings is 1. The summed E-state index contributed by atoms with van der Waals surface area (Å²) < 4.78 is 5.27. The van der Waals surface area contributed by atoms with Gasteiger partial charge in [-0.1, -0.05) is 30.3 Å². The third-order valence-corrected chi connectivity index (χ3v) is 6.57. The number of nitrogens with zero attached hydrogens (tertiary/aromatic N) is 2. The summed E-state index contributed by atoms with van der Waals surface area (Å²) in [6.45, 7) is 4.00. The number of carbonyl (C=O) groups is 3. The molecule has 1 aliphatic rings. The Balaban J connectivity index is 1.38. The van der Waals surface area contributed by atoms with Crippen molar-refractivity contribution in [2.24, 2.45) is 5.73 Å². The molecule has 0 spiro atoms. The zero-order valence-electron chi connectivity index (χ0n) is 19.0. The van der Waals surface area contributed by atoms with Gasteiger partial charge in [0, 0.05) is 23.2 Å². The van der Waals surface area contributed by atoms with Crippen molar-refractivity contribution >= 4 is 34.9 Å². The summed E-state index contributed by atoms with van der Waals surface area (Å²) in [7, 11) is 0. The van der Waals surface area contributed by atoms with Gasteiger partial charge in [-0.15, -0.1) is 11.3 Å². The second-order valence-corrected chi connectivity index (χ2v) is 9.24. The van der Waals surface area contributed by atoms with E-state index in [1.165, 1.54) is 0 Å². The first-order chi connectivity index (χ1) is 16.3. The molecule has 4 rings (SSSR count). The number of urea groups is 1. The smallest absolute Gasteiger partial charge is 0.312 e. The molecular formula is C25H26N4O4S. The minimum Gasteiger partial charge on any atom is -0.455 e. The van der Waals surface area contributed by atoms with Crippen molar-refractivity contribution in [2.75, 3.05) is 18.1 Å². The Labute approximate surface area is 201 Å². The molecule has 2 heterocycles. The predicted molar refractivity (Wildman–Crippen MR) is 131 cm³/mol. The second-order valence-electron chi connectivity index (χ2n) is 8.17. The molecule has 0 radical (unpaired) electrons. The Morgan fingerprint density at radius 3 is 2.71 bits per heavy atom. The number of aryl methyl sites for hydroxylation is 2. The molecule has 1 unspecified atom stereocenters. The summed E-state index contributed by atoms with van der Waals surface area (Å²) >= 11 is 1.60. The maximum atomic E-state index is 12.8. The summed E-state index contributed by atoms with van der Waals surface area (Å²) in [5, 5.41) is 5.61. The summed E-state index contributed by atoms with van der Waals surface area (Å²) in [6, 6.07) is 11.9. The number of nitrogens with one attached hydrogen (secondary N) is 1. The second kappa shape index (κ2) is 10.0. The van der Waals surface area contributed by atoms with E-state index >= 15 is 0 Å². The fraction of sp³-hybridized carbons (Fsp3) is 0.280. The Morgan fingerprint density at radius 2 is 2.00 bits per heavy atom. The van der Waals surface area contributed by atoms with Crippen molar-refractivity contribution < 1.29 is 19.1 Å². The van der Waals surface area contributed by atoms with Crippen molar-refractivity contribution in [3.8, 4) is 11.3 Å². The van der Waals surface area contributed by atoms with E-state index < -0.39 is 18.0 Å². The lowest BCUT2D eigenvalue weighted by atomic mass is 9.99. The first kappa shape index (κ1) is 23.4. The number of aromatic nitrogens is 1. The van der Waals surface area contributed by atoms with Crippen molar-refractivity contribution in [2.45, 2.75) is 32.7 Å². The van der Waals surface area contributed by atoms with Gasteiger partial charge in [0.15, 0.2) is 6.61 Å². The van der Waals surface area contributed by atoms with E-state index in [-0.39, 0.29) is 18.9 Å². The number of fused-ring (bicyclic) bond motifs is 1. The number of benzene rings is 2. The summed E-state index contributed by atoms with van der Waals surface area (Å²) in [4.78, 5) is 42.9. The molecule has 9 heteroatoms. The summed E-state index contributed by atoms with van der Waals surface area (Å²) in [5.41, 5.74) is 10.8. The number of esters is 1. The minimum atomic E-state index is -0.738. The van der Waals surface area contributed by atoms with Crippen LogP contribution in [-0.4, -0.2) is 36.0 Å². The van der Waals surface area contributed by atoms with Crippen LogP contribution in [0.1, 0.15) is 34.2 Å². The van der Waals surface area contributed by atoms with Crippen molar-refractivity contribution in [1.29, 1.82) is 0 Å². The van der Waals surface area contributed by atoms with E-state index in [1.54, 1.807) is 16.2 Å². The van der Waals surface area contributed by atoms with E-state index in [9.17, 15) is 14.4 Å². The zero-order chi connectivity index (χ0) is 24.2. The van der Waals surface area contributed by atoms with Gasteiger partial charge in [0.05, 0.1) is 23.2 Å². The molecule has 2 aromatic carbocycles. The van der Waals surface area contributed by atoms with Crippen LogP contribution >= 0.6 is 11.3 Å². The first-order valence-electron chi connectivity index (χ1n) is 10.9. The monoisotopic (exact) mass is 478 g/mol. The van der Waals surface area contributed by atoms with Gasteiger partial charge < -0.3 is 20.7 Å². The van der Waals surface area contributed by atoms with Gasteiger partial charge in [-0.3, -0.25) is 9.59 Å². The van der Waals surface area contributed by atoms with Crippen LogP contribution in [0.4, 0.5) is 10.5 Å². The van der Waals surface area contributed by atoms with Gasteiger partial charge in [0.1, 0.15) is 0 Å². The van der Waals surface area contributed by atoms with E-state index in [0.29, 0.717) is 6.54 Å². The van der Waals surface area contributed by atoms with Crippen LogP contribution in [0.2, 0.25) is 0 Å². The molecule has 34 heavy (non-hydrogen) atoms. The van der Waals surface area contributed by atoms with Crippen LogP contribution in [0, 0.1) is 13.8 Å². The topological polar surface area (TPSA) is 115 Å². The molecule has 1 aliphatic heterocycles. The Bertz CT molecular complexity index is 1240. The molecule has 3 amide bonds. The maximum absolute atomic E-state index is 12.8. The van der Waals surface area contributed by atoms with Crippen molar-refractivity contribution in [3.63, 3.8) is 0 Å². The fourth-order valence-electron chi connectivity index (χ4n) is 4.15.